The second-order valence-electron chi connectivity index (χ2n) is 5.59. The van der Waals surface area contributed by atoms with E-state index in [2.05, 4.69) is 0 Å². The summed E-state index contributed by atoms with van der Waals surface area (Å²) in [7, 11) is -3.26. The minimum atomic E-state index is -3.26. The van der Waals surface area contributed by atoms with Gasteiger partial charge in [-0.05, 0) is 24.6 Å². The molecule has 21 heavy (non-hydrogen) atoms. The molecule has 1 aliphatic heterocycles. The molecule has 1 fully saturated rings. The van der Waals surface area contributed by atoms with Crippen molar-refractivity contribution in [1.82, 2.24) is 0 Å². The molecular formula is C14H19NO5S. The van der Waals surface area contributed by atoms with E-state index in [1.165, 1.54) is 6.26 Å². The molecule has 1 aromatic carbocycles. The Labute approximate surface area is 124 Å². The number of hydrogen-bond donors (Lipinski definition) is 1. The third kappa shape index (κ3) is 2.39. The quantitative estimate of drug-likeness (QED) is 0.859. The molecule has 0 amide bonds. The summed E-state index contributed by atoms with van der Waals surface area (Å²) in [4.78, 5) is 0. The molecule has 7 heteroatoms. The molecule has 0 aromatic heterocycles. The molecule has 6 nitrogen and oxygen atoms in total. The Kier molecular flexibility index (Phi) is 3.38. The monoisotopic (exact) mass is 313 g/mol. The van der Waals surface area contributed by atoms with Crippen LogP contribution in [0.5, 0.6) is 11.5 Å². The van der Waals surface area contributed by atoms with Gasteiger partial charge in [0.1, 0.15) is 0 Å². The van der Waals surface area contributed by atoms with Crippen LogP contribution in [0, 0.1) is 0 Å². The molecule has 2 aliphatic rings. The van der Waals surface area contributed by atoms with E-state index in [1.807, 2.05) is 19.1 Å². The van der Waals surface area contributed by atoms with Gasteiger partial charge >= 0.3 is 0 Å². The zero-order valence-corrected chi connectivity index (χ0v) is 12.9. The highest BCUT2D eigenvalue weighted by atomic mass is 32.2. The van der Waals surface area contributed by atoms with E-state index in [0.717, 1.165) is 5.56 Å². The number of benzene rings is 1. The lowest BCUT2D eigenvalue weighted by atomic mass is 10.1. The lowest BCUT2D eigenvalue weighted by Gasteiger charge is -2.11. The number of ether oxygens (including phenoxy) is 3. The maximum atomic E-state index is 12.0. The largest absolute Gasteiger partial charge is 0.454 e. The summed E-state index contributed by atoms with van der Waals surface area (Å²) in [6.07, 6.45) is 1.22. The third-order valence-corrected chi connectivity index (χ3v) is 5.71. The van der Waals surface area contributed by atoms with E-state index in [9.17, 15) is 8.42 Å². The van der Waals surface area contributed by atoms with Crippen LogP contribution in [0.4, 0.5) is 0 Å². The molecule has 2 N–H and O–H groups in total. The van der Waals surface area contributed by atoms with Crippen LogP contribution in [-0.2, 0) is 14.6 Å². The summed E-state index contributed by atoms with van der Waals surface area (Å²) in [6.45, 7) is 2.77. The molecule has 1 aromatic rings. The summed E-state index contributed by atoms with van der Waals surface area (Å²) >= 11 is 0. The average Bonchev–Trinajstić information content (AvgIpc) is 2.81. The molecule has 0 spiro atoms. The topological polar surface area (TPSA) is 87.8 Å². The van der Waals surface area contributed by atoms with Crippen LogP contribution in [0.25, 0.3) is 0 Å². The van der Waals surface area contributed by atoms with Crippen molar-refractivity contribution in [3.63, 3.8) is 0 Å². The van der Waals surface area contributed by atoms with Crippen LogP contribution in [0.2, 0.25) is 0 Å². The van der Waals surface area contributed by atoms with Gasteiger partial charge in [-0.15, -0.1) is 0 Å². The Hall–Kier alpha value is -1.31. The Balaban J connectivity index is 1.93. The highest BCUT2D eigenvalue weighted by Gasteiger charge is 2.68. The van der Waals surface area contributed by atoms with E-state index in [0.29, 0.717) is 18.1 Å². The van der Waals surface area contributed by atoms with Gasteiger partial charge in [-0.2, -0.15) is 0 Å². The number of sulfone groups is 1. The van der Waals surface area contributed by atoms with E-state index < -0.39 is 20.6 Å². The number of fused-ring (bicyclic) bond motifs is 1. The lowest BCUT2D eigenvalue weighted by molar-refractivity contribution is 0.125. The van der Waals surface area contributed by atoms with Crippen molar-refractivity contribution in [3.05, 3.63) is 23.8 Å². The second kappa shape index (κ2) is 4.86. The average molecular weight is 313 g/mol. The maximum Gasteiger partial charge on any atom is 0.231 e. The van der Waals surface area contributed by atoms with E-state index in [-0.39, 0.29) is 19.3 Å². The van der Waals surface area contributed by atoms with Crippen LogP contribution < -0.4 is 15.2 Å². The lowest BCUT2D eigenvalue weighted by Crippen LogP contribution is -2.36. The Morgan fingerprint density at radius 3 is 2.76 bits per heavy atom. The van der Waals surface area contributed by atoms with Crippen molar-refractivity contribution in [3.8, 4) is 11.5 Å². The van der Waals surface area contributed by atoms with Crippen LogP contribution in [0.15, 0.2) is 18.2 Å². The maximum absolute atomic E-state index is 12.0. The van der Waals surface area contributed by atoms with E-state index >= 15 is 0 Å². The second-order valence-corrected chi connectivity index (χ2v) is 7.76. The van der Waals surface area contributed by atoms with Crippen molar-refractivity contribution in [2.45, 2.75) is 23.6 Å². The smallest absolute Gasteiger partial charge is 0.231 e. The minimum absolute atomic E-state index is 0.186. The zero-order valence-electron chi connectivity index (χ0n) is 12.0. The molecule has 0 bridgehead atoms. The van der Waals surface area contributed by atoms with E-state index in [4.69, 9.17) is 19.9 Å². The highest BCUT2D eigenvalue weighted by molar-refractivity contribution is 7.91. The number of rotatable bonds is 5. The van der Waals surface area contributed by atoms with Gasteiger partial charge in [0.05, 0.1) is 17.4 Å². The number of hydrogen-bond acceptors (Lipinski definition) is 6. The van der Waals surface area contributed by atoms with Gasteiger partial charge < -0.3 is 19.9 Å². The Morgan fingerprint density at radius 2 is 2.10 bits per heavy atom. The fraction of sp³-hybridized carbons (Fsp3) is 0.571. The van der Waals surface area contributed by atoms with E-state index in [1.54, 1.807) is 6.07 Å². The van der Waals surface area contributed by atoms with Gasteiger partial charge in [-0.3, -0.25) is 0 Å². The van der Waals surface area contributed by atoms with Crippen LogP contribution in [0.3, 0.4) is 0 Å². The molecule has 1 heterocycles. The molecule has 1 saturated carbocycles. The zero-order chi connectivity index (χ0) is 15.3. The Morgan fingerprint density at radius 1 is 1.38 bits per heavy atom. The van der Waals surface area contributed by atoms with Crippen molar-refractivity contribution in [1.29, 1.82) is 0 Å². The molecule has 3 rings (SSSR count). The van der Waals surface area contributed by atoms with Gasteiger partial charge in [0.2, 0.25) is 6.79 Å². The van der Waals surface area contributed by atoms with Crippen LogP contribution >= 0.6 is 0 Å². The molecular weight excluding hydrogens is 294 g/mol. The first-order valence-corrected chi connectivity index (χ1v) is 8.78. The summed E-state index contributed by atoms with van der Waals surface area (Å²) < 4.78 is 40.0. The van der Waals surface area contributed by atoms with Crippen molar-refractivity contribution < 1.29 is 22.6 Å². The van der Waals surface area contributed by atoms with Crippen molar-refractivity contribution in [2.75, 3.05) is 26.3 Å². The van der Waals surface area contributed by atoms with Gasteiger partial charge in [0, 0.05) is 18.8 Å². The summed E-state index contributed by atoms with van der Waals surface area (Å²) in [5.74, 6) is 1.02. The highest BCUT2D eigenvalue weighted by Crippen LogP contribution is 2.55. The van der Waals surface area contributed by atoms with Crippen LogP contribution in [-0.4, -0.2) is 45.5 Å². The molecule has 3 atom stereocenters. The minimum Gasteiger partial charge on any atom is -0.454 e. The van der Waals surface area contributed by atoms with Gasteiger partial charge in [-0.1, -0.05) is 6.07 Å². The molecule has 0 saturated heterocycles. The summed E-state index contributed by atoms with van der Waals surface area (Å²) in [5.41, 5.74) is 6.27. The predicted octanol–water partition coefficient (Wildman–Crippen LogP) is 0.660. The molecule has 0 unspecified atom stereocenters. The molecule has 116 valence electrons. The van der Waals surface area contributed by atoms with Crippen molar-refractivity contribution in [2.24, 2.45) is 5.73 Å². The number of nitrogens with two attached hydrogens (primary N) is 1. The van der Waals surface area contributed by atoms with Gasteiger partial charge in [0.25, 0.3) is 0 Å². The Bertz CT molecular complexity index is 659. The first-order chi connectivity index (χ1) is 9.88. The first kappa shape index (κ1) is 14.6. The third-order valence-electron chi connectivity index (χ3n) is 4.08. The molecule has 0 radical (unpaired) electrons. The standard InChI is InChI=1S/C14H19NO5S/c1-3-18-7-14(15)12(13(14)21(2,16)17)9-4-5-10-11(6-9)20-8-19-10/h4-6,12-13H,3,7-8,15H2,1-2H3/t12-,13-,14-/m0/s1. The fourth-order valence-corrected chi connectivity index (χ4v) is 4.95. The summed E-state index contributed by atoms with van der Waals surface area (Å²) in [5, 5.41) is -0.628. The van der Waals surface area contributed by atoms with Crippen LogP contribution in [0.1, 0.15) is 18.4 Å². The molecule has 1 aliphatic carbocycles. The van der Waals surface area contributed by atoms with Crippen molar-refractivity contribution >= 4 is 9.84 Å². The fourth-order valence-electron chi connectivity index (χ4n) is 3.11. The summed E-state index contributed by atoms with van der Waals surface area (Å²) in [6, 6.07) is 5.44. The van der Waals surface area contributed by atoms with Gasteiger partial charge in [-0.25, -0.2) is 8.42 Å². The SMILES string of the molecule is CCOC[C@]1(N)[C@@H](c2ccc3c(c2)OCO3)[C@@H]1S(C)(=O)=O. The first-order valence-electron chi connectivity index (χ1n) is 6.83. The van der Waals surface area contributed by atoms with Gasteiger partial charge in [0.15, 0.2) is 21.3 Å². The predicted molar refractivity (Wildman–Crippen MR) is 77.3 cm³/mol. The normalized spacial score (nSPS) is 30.4.